The van der Waals surface area contributed by atoms with E-state index in [9.17, 15) is 4.79 Å². The van der Waals surface area contributed by atoms with Gasteiger partial charge in [-0.3, -0.25) is 4.79 Å². The molecule has 0 fully saturated rings. The molecule has 0 atom stereocenters. The van der Waals surface area contributed by atoms with Gasteiger partial charge in [0.1, 0.15) is 0 Å². The average Bonchev–Trinajstić information content (AvgIpc) is 2.45. The first-order valence-corrected chi connectivity index (χ1v) is 6.42. The van der Waals surface area contributed by atoms with Gasteiger partial charge in [-0.05, 0) is 24.7 Å². The third-order valence-electron chi connectivity index (χ3n) is 2.91. The van der Waals surface area contributed by atoms with Crippen molar-refractivity contribution < 1.29 is 9.53 Å². The summed E-state index contributed by atoms with van der Waals surface area (Å²) in [6.07, 6.45) is 0. The first-order valence-electron chi connectivity index (χ1n) is 6.42. The molecule has 19 heavy (non-hydrogen) atoms. The van der Waals surface area contributed by atoms with Crippen molar-refractivity contribution >= 4 is 5.91 Å². The Balaban J connectivity index is 2.30. The molecule has 0 unspecified atom stereocenters. The van der Waals surface area contributed by atoms with E-state index in [0.29, 0.717) is 25.3 Å². The van der Waals surface area contributed by atoms with Crippen molar-refractivity contribution in [3.63, 3.8) is 0 Å². The van der Waals surface area contributed by atoms with E-state index in [4.69, 9.17) is 10.5 Å². The number of hydrogen-bond donors (Lipinski definition) is 2. The number of methoxy groups -OCH3 is 1. The summed E-state index contributed by atoms with van der Waals surface area (Å²) in [6.45, 7) is 3.47. The Morgan fingerprint density at radius 1 is 1.32 bits per heavy atom. The fourth-order valence-electron chi connectivity index (χ4n) is 1.61. The molecule has 0 bridgehead atoms. The van der Waals surface area contributed by atoms with Gasteiger partial charge in [-0.15, -0.1) is 0 Å². The van der Waals surface area contributed by atoms with Gasteiger partial charge >= 0.3 is 0 Å². The fraction of sp³-hybridized carbons (Fsp3) is 0.500. The van der Waals surface area contributed by atoms with Crippen molar-refractivity contribution in [3.05, 3.63) is 35.4 Å². The van der Waals surface area contributed by atoms with Crippen LogP contribution in [0, 0.1) is 0 Å². The largest absolute Gasteiger partial charge is 0.383 e. The molecule has 5 heteroatoms. The second kappa shape index (κ2) is 8.63. The summed E-state index contributed by atoms with van der Waals surface area (Å²) in [4.78, 5) is 14.0. The van der Waals surface area contributed by atoms with Crippen LogP contribution in [0.25, 0.3) is 0 Å². The number of nitrogens with one attached hydrogen (secondary N) is 1. The highest BCUT2D eigenvalue weighted by atomic mass is 16.5. The lowest BCUT2D eigenvalue weighted by Crippen LogP contribution is -2.34. The van der Waals surface area contributed by atoms with Crippen LogP contribution in [-0.2, 0) is 11.3 Å². The highest BCUT2D eigenvalue weighted by molar-refractivity contribution is 5.94. The summed E-state index contributed by atoms with van der Waals surface area (Å²) < 4.78 is 4.99. The molecular weight excluding hydrogens is 242 g/mol. The number of carbonyl (C=O) groups is 1. The summed E-state index contributed by atoms with van der Waals surface area (Å²) >= 11 is 0. The normalized spacial score (nSPS) is 10.7. The van der Waals surface area contributed by atoms with Crippen LogP contribution in [0.1, 0.15) is 15.9 Å². The first kappa shape index (κ1) is 15.6. The topological polar surface area (TPSA) is 67.6 Å². The van der Waals surface area contributed by atoms with Gasteiger partial charge in [-0.25, -0.2) is 0 Å². The fourth-order valence-corrected chi connectivity index (χ4v) is 1.61. The molecule has 1 aromatic rings. The van der Waals surface area contributed by atoms with E-state index in [1.165, 1.54) is 0 Å². The second-order valence-electron chi connectivity index (χ2n) is 4.45. The molecule has 0 aliphatic carbocycles. The zero-order valence-electron chi connectivity index (χ0n) is 11.7. The minimum atomic E-state index is -0.0521. The monoisotopic (exact) mass is 265 g/mol. The number of ether oxygens (including phenoxy) is 1. The van der Waals surface area contributed by atoms with Crippen molar-refractivity contribution in [2.45, 2.75) is 6.54 Å². The summed E-state index contributed by atoms with van der Waals surface area (Å²) in [6, 6.07) is 7.34. The molecular formula is C14H23N3O2. The third-order valence-corrected chi connectivity index (χ3v) is 2.91. The van der Waals surface area contributed by atoms with Crippen molar-refractivity contribution in [2.75, 3.05) is 40.4 Å². The van der Waals surface area contributed by atoms with E-state index in [1.54, 1.807) is 19.2 Å². The van der Waals surface area contributed by atoms with Gasteiger partial charge in [0.15, 0.2) is 0 Å². The molecule has 1 amide bonds. The van der Waals surface area contributed by atoms with Crippen LogP contribution in [0.15, 0.2) is 24.3 Å². The molecule has 0 spiro atoms. The maximum absolute atomic E-state index is 11.9. The summed E-state index contributed by atoms with van der Waals surface area (Å²) in [5, 5.41) is 2.89. The molecule has 3 N–H and O–H groups in total. The molecule has 106 valence electrons. The van der Waals surface area contributed by atoms with Gasteiger partial charge < -0.3 is 20.7 Å². The Hall–Kier alpha value is -1.43. The number of benzene rings is 1. The zero-order valence-corrected chi connectivity index (χ0v) is 11.7. The number of likely N-dealkylation sites (N-methyl/N-ethyl adjacent to an activating group) is 1. The van der Waals surface area contributed by atoms with E-state index < -0.39 is 0 Å². The molecule has 0 aliphatic rings. The molecule has 0 radical (unpaired) electrons. The standard InChI is InChI=1S/C14H23N3O2/c1-17(9-10-19-2)8-7-16-14(18)13-5-3-12(11-15)4-6-13/h3-6H,7-11,15H2,1-2H3,(H,16,18). The van der Waals surface area contributed by atoms with Crippen LogP contribution >= 0.6 is 0 Å². The van der Waals surface area contributed by atoms with Crippen LogP contribution in [0.5, 0.6) is 0 Å². The lowest BCUT2D eigenvalue weighted by Gasteiger charge is -2.16. The smallest absolute Gasteiger partial charge is 0.251 e. The Labute approximate surface area is 114 Å². The van der Waals surface area contributed by atoms with Gasteiger partial charge in [0.25, 0.3) is 5.91 Å². The number of amides is 1. The maximum Gasteiger partial charge on any atom is 0.251 e. The van der Waals surface area contributed by atoms with Crippen LogP contribution < -0.4 is 11.1 Å². The molecule has 0 aliphatic heterocycles. The van der Waals surface area contributed by atoms with Crippen molar-refractivity contribution in [1.29, 1.82) is 0 Å². The Morgan fingerprint density at radius 3 is 2.58 bits per heavy atom. The minimum Gasteiger partial charge on any atom is -0.383 e. The van der Waals surface area contributed by atoms with Gasteiger partial charge in [-0.1, -0.05) is 12.1 Å². The van der Waals surface area contributed by atoms with Crippen molar-refractivity contribution in [1.82, 2.24) is 10.2 Å². The predicted octanol–water partition coefficient (Wildman–Crippen LogP) is 0.453. The summed E-state index contributed by atoms with van der Waals surface area (Å²) in [5.41, 5.74) is 7.20. The minimum absolute atomic E-state index is 0.0521. The van der Waals surface area contributed by atoms with Crippen LogP contribution in [0.3, 0.4) is 0 Å². The number of nitrogens with zero attached hydrogens (tertiary/aromatic N) is 1. The van der Waals surface area contributed by atoms with Crippen LogP contribution in [0.2, 0.25) is 0 Å². The molecule has 1 rings (SSSR count). The molecule has 0 saturated heterocycles. The van der Waals surface area contributed by atoms with Crippen LogP contribution in [0.4, 0.5) is 0 Å². The highest BCUT2D eigenvalue weighted by Gasteiger charge is 2.05. The maximum atomic E-state index is 11.9. The van der Waals surface area contributed by atoms with E-state index in [2.05, 4.69) is 10.2 Å². The Kier molecular flexibility index (Phi) is 7.10. The number of carbonyl (C=O) groups excluding carboxylic acids is 1. The SMILES string of the molecule is COCCN(C)CCNC(=O)c1ccc(CN)cc1. The van der Waals surface area contributed by atoms with E-state index in [-0.39, 0.29) is 5.91 Å². The van der Waals surface area contributed by atoms with Gasteiger partial charge in [0.05, 0.1) is 6.61 Å². The quantitative estimate of drug-likeness (QED) is 0.716. The van der Waals surface area contributed by atoms with Crippen LogP contribution in [-0.4, -0.2) is 51.2 Å². The summed E-state index contributed by atoms with van der Waals surface area (Å²) in [5.74, 6) is -0.0521. The number of rotatable bonds is 8. The van der Waals surface area contributed by atoms with E-state index >= 15 is 0 Å². The predicted molar refractivity (Wildman–Crippen MR) is 76.0 cm³/mol. The Morgan fingerprint density at radius 2 is 2.00 bits per heavy atom. The molecule has 0 saturated carbocycles. The van der Waals surface area contributed by atoms with Gasteiger partial charge in [0.2, 0.25) is 0 Å². The zero-order chi connectivity index (χ0) is 14.1. The lowest BCUT2D eigenvalue weighted by molar-refractivity contribution is 0.0947. The van der Waals surface area contributed by atoms with Gasteiger partial charge in [0, 0.05) is 38.9 Å². The summed E-state index contributed by atoms with van der Waals surface area (Å²) in [7, 11) is 3.68. The number of nitrogens with two attached hydrogens (primary N) is 1. The molecule has 0 aromatic heterocycles. The highest BCUT2D eigenvalue weighted by Crippen LogP contribution is 2.03. The van der Waals surface area contributed by atoms with Crippen molar-refractivity contribution in [3.8, 4) is 0 Å². The van der Waals surface area contributed by atoms with Crippen molar-refractivity contribution in [2.24, 2.45) is 5.73 Å². The average molecular weight is 265 g/mol. The van der Waals surface area contributed by atoms with E-state index in [1.807, 2.05) is 19.2 Å². The molecule has 1 aromatic carbocycles. The second-order valence-corrected chi connectivity index (χ2v) is 4.45. The Bertz CT molecular complexity index is 379. The molecule has 0 heterocycles. The van der Waals surface area contributed by atoms with Gasteiger partial charge in [-0.2, -0.15) is 0 Å². The number of hydrogen-bond acceptors (Lipinski definition) is 4. The first-order chi connectivity index (χ1) is 9.17. The lowest BCUT2D eigenvalue weighted by atomic mass is 10.1. The third kappa shape index (κ3) is 5.83. The van der Waals surface area contributed by atoms with E-state index in [0.717, 1.165) is 18.7 Å². The molecule has 5 nitrogen and oxygen atoms in total.